The maximum absolute atomic E-state index is 5.37. The first-order chi connectivity index (χ1) is 4.33. The van der Waals surface area contributed by atoms with E-state index in [0.717, 1.165) is 5.56 Å². The van der Waals surface area contributed by atoms with Crippen LogP contribution in [-0.4, -0.2) is 0 Å². The monoisotopic (exact) mass is 143 g/mol. The molecule has 10 heavy (non-hydrogen) atoms. The van der Waals surface area contributed by atoms with Crippen molar-refractivity contribution in [2.75, 3.05) is 0 Å². The smallest absolute Gasteiger partial charge is 0.328 e. The maximum Gasteiger partial charge on any atom is 1.00 e. The van der Waals surface area contributed by atoms with Gasteiger partial charge in [-0.2, -0.15) is 29.8 Å². The third kappa shape index (κ3) is 2.84. The van der Waals surface area contributed by atoms with Gasteiger partial charge in [-0.1, -0.05) is 6.92 Å². The Kier molecular flexibility index (Phi) is 5.00. The van der Waals surface area contributed by atoms with Crippen LogP contribution in [0.5, 0.6) is 0 Å². The number of hydrogen-bond donors (Lipinski definition) is 1. The summed E-state index contributed by atoms with van der Waals surface area (Å²) < 4.78 is 0. The van der Waals surface area contributed by atoms with Gasteiger partial charge in [0.15, 0.2) is 0 Å². The minimum absolute atomic E-state index is 0. The summed E-state index contributed by atoms with van der Waals surface area (Å²) >= 11 is 0. The summed E-state index contributed by atoms with van der Waals surface area (Å²) in [6.07, 6.45) is 0. The second-order valence-corrected chi connectivity index (χ2v) is 2.10. The van der Waals surface area contributed by atoms with Crippen LogP contribution in [0.1, 0.15) is 11.1 Å². The van der Waals surface area contributed by atoms with Crippen molar-refractivity contribution < 1.29 is 29.6 Å². The molecule has 0 aliphatic carbocycles. The summed E-state index contributed by atoms with van der Waals surface area (Å²) in [7, 11) is 0. The first kappa shape index (κ1) is 10.2. The Hall–Kier alpha value is 0.180. The van der Waals surface area contributed by atoms with E-state index in [4.69, 9.17) is 5.73 Å². The molecule has 0 aliphatic heterocycles. The van der Waals surface area contributed by atoms with E-state index >= 15 is 0 Å². The fraction of sp³-hybridized carbons (Fsp3) is 0.250. The van der Waals surface area contributed by atoms with Crippen molar-refractivity contribution in [1.82, 2.24) is 0 Å². The molecule has 1 nitrogen and oxygen atoms in total. The normalized spacial score (nSPS) is 8.60. The van der Waals surface area contributed by atoms with Crippen LogP contribution in [-0.2, 0) is 6.54 Å². The molecular weight excluding hydrogens is 133 g/mol. The molecule has 0 fully saturated rings. The molecule has 2 N–H and O–H groups in total. The molecule has 0 aliphatic rings. The molecule has 1 rings (SSSR count). The summed E-state index contributed by atoms with van der Waals surface area (Å²) in [5.41, 5.74) is 7.67. The Morgan fingerprint density at radius 1 is 1.50 bits per heavy atom. The van der Waals surface area contributed by atoms with Crippen molar-refractivity contribution in [3.63, 3.8) is 0 Å². The molecule has 0 bridgehead atoms. The predicted molar refractivity (Wildman–Crippen MR) is 37.9 cm³/mol. The number of aryl methyl sites for hydroxylation is 1. The number of benzene rings is 1. The summed E-state index contributed by atoms with van der Waals surface area (Å²) in [4.78, 5) is 0. The quantitative estimate of drug-likeness (QED) is 0.366. The fourth-order valence-corrected chi connectivity index (χ4v) is 0.662. The summed E-state index contributed by atoms with van der Waals surface area (Å²) in [5.74, 6) is 0. The molecule has 0 saturated carbocycles. The van der Waals surface area contributed by atoms with Gasteiger partial charge in [0.1, 0.15) is 0 Å². The zero-order valence-corrected chi connectivity index (χ0v) is 8.52. The van der Waals surface area contributed by atoms with Gasteiger partial charge in [0.05, 0.1) is 0 Å². The van der Waals surface area contributed by atoms with Crippen LogP contribution in [0, 0.1) is 13.0 Å². The molecule has 2 heteroatoms. The topological polar surface area (TPSA) is 26.0 Å². The van der Waals surface area contributed by atoms with Gasteiger partial charge in [-0.15, -0.1) is 5.56 Å². The largest absolute Gasteiger partial charge is 1.00 e. The first-order valence-corrected chi connectivity index (χ1v) is 3.00. The van der Waals surface area contributed by atoms with Crippen molar-refractivity contribution in [3.8, 4) is 0 Å². The first-order valence-electron chi connectivity index (χ1n) is 3.00. The van der Waals surface area contributed by atoms with E-state index in [1.165, 1.54) is 5.56 Å². The molecule has 0 atom stereocenters. The van der Waals surface area contributed by atoms with E-state index in [-0.39, 0.29) is 29.6 Å². The predicted octanol–water partition coefficient (Wildman–Crippen LogP) is -1.74. The fourth-order valence-electron chi connectivity index (χ4n) is 0.662. The van der Waals surface area contributed by atoms with Gasteiger partial charge in [-0.05, 0) is 6.54 Å². The molecule has 1 aromatic rings. The Bertz CT molecular complexity index is 181. The van der Waals surface area contributed by atoms with Crippen LogP contribution in [0.2, 0.25) is 0 Å². The molecule has 0 amide bonds. The van der Waals surface area contributed by atoms with Crippen LogP contribution in [0.25, 0.3) is 0 Å². The second-order valence-electron chi connectivity index (χ2n) is 2.10. The second kappa shape index (κ2) is 4.91. The van der Waals surface area contributed by atoms with Gasteiger partial charge in [-0.3, -0.25) is 0 Å². The SMILES string of the molecule is Cc1c[c-]c(CN)cc1.[Na+]. The molecule has 48 valence electrons. The van der Waals surface area contributed by atoms with Crippen molar-refractivity contribution in [1.29, 1.82) is 0 Å². The Labute approximate surface area is 83.9 Å². The van der Waals surface area contributed by atoms with Gasteiger partial charge < -0.3 is 5.73 Å². The third-order valence-corrected chi connectivity index (χ3v) is 1.25. The van der Waals surface area contributed by atoms with Crippen LogP contribution in [0.15, 0.2) is 18.2 Å². The average Bonchev–Trinajstić information content (AvgIpc) is 1.90. The van der Waals surface area contributed by atoms with E-state index in [0.29, 0.717) is 6.54 Å². The van der Waals surface area contributed by atoms with Crippen LogP contribution in [0.4, 0.5) is 0 Å². The van der Waals surface area contributed by atoms with Crippen LogP contribution >= 0.6 is 0 Å². The zero-order chi connectivity index (χ0) is 6.69. The molecule has 0 aromatic heterocycles. The molecule has 0 radical (unpaired) electrons. The van der Waals surface area contributed by atoms with Gasteiger partial charge in [0.25, 0.3) is 0 Å². The Balaban J connectivity index is 0.000000810. The number of nitrogens with two attached hydrogens (primary N) is 1. The van der Waals surface area contributed by atoms with Crippen molar-refractivity contribution in [3.05, 3.63) is 35.4 Å². The van der Waals surface area contributed by atoms with Gasteiger partial charge >= 0.3 is 29.6 Å². The minimum atomic E-state index is 0. The Morgan fingerprint density at radius 3 is 2.60 bits per heavy atom. The summed E-state index contributed by atoms with van der Waals surface area (Å²) in [6.45, 7) is 2.62. The van der Waals surface area contributed by atoms with Gasteiger partial charge in [0, 0.05) is 0 Å². The van der Waals surface area contributed by atoms with Gasteiger partial charge in [0.2, 0.25) is 0 Å². The number of rotatable bonds is 1. The van der Waals surface area contributed by atoms with E-state index in [1.807, 2.05) is 25.1 Å². The van der Waals surface area contributed by atoms with Crippen LogP contribution < -0.4 is 35.3 Å². The molecular formula is C8H10NNa. The minimum Gasteiger partial charge on any atom is -0.328 e. The van der Waals surface area contributed by atoms with Crippen molar-refractivity contribution in [2.45, 2.75) is 13.5 Å². The standard InChI is InChI=1S/C8H10N.Na/c1-7-2-4-8(6-9)5-3-7;/h2-4H,6,9H2,1H3;/q-1;+1. The van der Waals surface area contributed by atoms with Crippen LogP contribution in [0.3, 0.4) is 0 Å². The average molecular weight is 143 g/mol. The van der Waals surface area contributed by atoms with E-state index in [9.17, 15) is 0 Å². The van der Waals surface area contributed by atoms with Crippen molar-refractivity contribution >= 4 is 0 Å². The maximum atomic E-state index is 5.37. The molecule has 0 saturated heterocycles. The van der Waals surface area contributed by atoms with Gasteiger partial charge in [-0.25, -0.2) is 0 Å². The molecule has 0 unspecified atom stereocenters. The molecule has 1 aromatic carbocycles. The molecule has 0 spiro atoms. The van der Waals surface area contributed by atoms with E-state index in [2.05, 4.69) is 6.07 Å². The van der Waals surface area contributed by atoms with Crippen molar-refractivity contribution in [2.24, 2.45) is 5.73 Å². The Morgan fingerprint density at radius 2 is 2.20 bits per heavy atom. The van der Waals surface area contributed by atoms with E-state index < -0.39 is 0 Å². The summed E-state index contributed by atoms with van der Waals surface area (Å²) in [6, 6.07) is 9.04. The summed E-state index contributed by atoms with van der Waals surface area (Å²) in [5, 5.41) is 0. The third-order valence-electron chi connectivity index (χ3n) is 1.25. The molecule has 0 heterocycles. The number of hydrogen-bond acceptors (Lipinski definition) is 1. The zero-order valence-electron chi connectivity index (χ0n) is 6.52. The van der Waals surface area contributed by atoms with E-state index in [1.54, 1.807) is 0 Å².